The molecule has 15 heavy (non-hydrogen) atoms. The monoisotopic (exact) mass is 206 g/mol. The summed E-state index contributed by atoms with van der Waals surface area (Å²) in [5, 5.41) is 0. The van der Waals surface area contributed by atoms with Crippen molar-refractivity contribution in [1.82, 2.24) is 0 Å². The van der Waals surface area contributed by atoms with Crippen molar-refractivity contribution in [3.05, 3.63) is 35.9 Å². The number of ether oxygens (including phenoxy) is 1. The molecule has 3 nitrogen and oxygen atoms in total. The van der Waals surface area contributed by atoms with Crippen molar-refractivity contribution in [1.29, 1.82) is 0 Å². The Kier molecular flexibility index (Phi) is 4.54. The van der Waals surface area contributed by atoms with Gasteiger partial charge in [0.15, 0.2) is 0 Å². The summed E-state index contributed by atoms with van der Waals surface area (Å²) in [7, 11) is 0. The highest BCUT2D eigenvalue weighted by Crippen LogP contribution is 2.03. The van der Waals surface area contributed by atoms with Crippen LogP contribution < -0.4 is 0 Å². The summed E-state index contributed by atoms with van der Waals surface area (Å²) in [5.74, 6) is -0.401. The molecule has 1 unspecified atom stereocenters. The number of hydrogen-bond acceptors (Lipinski definition) is 3. The third-order valence-electron chi connectivity index (χ3n) is 2.05. The molecular formula is C12H14O3. The molecule has 0 radical (unpaired) electrons. The lowest BCUT2D eigenvalue weighted by molar-refractivity contribution is -0.111. The zero-order valence-electron chi connectivity index (χ0n) is 8.68. The van der Waals surface area contributed by atoms with E-state index >= 15 is 0 Å². The minimum Gasteiger partial charge on any atom is -0.462 e. The van der Waals surface area contributed by atoms with E-state index in [0.29, 0.717) is 12.0 Å². The lowest BCUT2D eigenvalue weighted by Gasteiger charge is -2.05. The molecule has 0 aliphatic carbocycles. The van der Waals surface area contributed by atoms with Crippen molar-refractivity contribution in [3.8, 4) is 0 Å². The molecule has 0 N–H and O–H groups in total. The van der Waals surface area contributed by atoms with E-state index in [1.165, 1.54) is 0 Å². The fourth-order valence-electron chi connectivity index (χ4n) is 1.06. The molecule has 80 valence electrons. The third kappa shape index (κ3) is 3.94. The molecule has 1 aromatic carbocycles. The van der Waals surface area contributed by atoms with Crippen molar-refractivity contribution < 1.29 is 14.3 Å². The number of esters is 1. The number of benzene rings is 1. The molecule has 0 aliphatic rings. The molecule has 0 spiro atoms. The van der Waals surface area contributed by atoms with E-state index in [1.54, 1.807) is 31.2 Å². The molecule has 0 amide bonds. The Morgan fingerprint density at radius 3 is 2.67 bits per heavy atom. The van der Waals surface area contributed by atoms with Crippen LogP contribution in [0.25, 0.3) is 0 Å². The van der Waals surface area contributed by atoms with Crippen molar-refractivity contribution in [2.45, 2.75) is 13.3 Å². The topological polar surface area (TPSA) is 43.4 Å². The van der Waals surface area contributed by atoms with Crippen molar-refractivity contribution in [2.24, 2.45) is 5.92 Å². The van der Waals surface area contributed by atoms with Gasteiger partial charge in [-0.05, 0) is 18.6 Å². The van der Waals surface area contributed by atoms with Gasteiger partial charge in [0.25, 0.3) is 0 Å². The lowest BCUT2D eigenvalue weighted by atomic mass is 10.1. The van der Waals surface area contributed by atoms with Crippen LogP contribution in [0.2, 0.25) is 0 Å². The van der Waals surface area contributed by atoms with Gasteiger partial charge in [-0.1, -0.05) is 25.1 Å². The standard InChI is InChI=1S/C12H14O3/c1-10(9-13)7-8-15-12(14)11-5-3-2-4-6-11/h2-6,9-10H,7-8H2,1H3. The molecule has 0 heterocycles. The maximum Gasteiger partial charge on any atom is 0.338 e. The molecule has 0 saturated heterocycles. The smallest absolute Gasteiger partial charge is 0.338 e. The van der Waals surface area contributed by atoms with Gasteiger partial charge in [0.05, 0.1) is 12.2 Å². The summed E-state index contributed by atoms with van der Waals surface area (Å²) in [5.41, 5.74) is 0.538. The van der Waals surface area contributed by atoms with Gasteiger partial charge in [0, 0.05) is 5.92 Å². The highest BCUT2D eigenvalue weighted by atomic mass is 16.5. The Bertz CT molecular complexity index is 319. The molecule has 1 rings (SSSR count). The molecular weight excluding hydrogens is 192 g/mol. The zero-order chi connectivity index (χ0) is 11.1. The Hall–Kier alpha value is -1.64. The highest BCUT2D eigenvalue weighted by molar-refractivity contribution is 5.89. The predicted octanol–water partition coefficient (Wildman–Crippen LogP) is 2.07. The first kappa shape index (κ1) is 11.4. The second-order valence-corrected chi connectivity index (χ2v) is 3.40. The number of aldehydes is 1. The molecule has 1 atom stereocenters. The van der Waals surface area contributed by atoms with Gasteiger partial charge >= 0.3 is 5.97 Å². The summed E-state index contributed by atoms with van der Waals surface area (Å²) in [6, 6.07) is 8.80. The van der Waals surface area contributed by atoms with Gasteiger partial charge in [-0.15, -0.1) is 0 Å². The summed E-state index contributed by atoms with van der Waals surface area (Å²) >= 11 is 0. The first-order valence-electron chi connectivity index (χ1n) is 4.91. The first-order chi connectivity index (χ1) is 7.24. The Balaban J connectivity index is 2.34. The second-order valence-electron chi connectivity index (χ2n) is 3.40. The number of hydrogen-bond donors (Lipinski definition) is 0. The summed E-state index contributed by atoms with van der Waals surface area (Å²) in [6.07, 6.45) is 1.43. The molecule has 0 fully saturated rings. The van der Waals surface area contributed by atoms with E-state index in [0.717, 1.165) is 6.29 Å². The summed E-state index contributed by atoms with van der Waals surface area (Å²) in [4.78, 5) is 21.7. The van der Waals surface area contributed by atoms with E-state index < -0.39 is 0 Å². The van der Waals surface area contributed by atoms with Gasteiger partial charge in [0.1, 0.15) is 6.29 Å². The van der Waals surface area contributed by atoms with E-state index in [9.17, 15) is 9.59 Å². The van der Waals surface area contributed by atoms with Crippen LogP contribution in [0.4, 0.5) is 0 Å². The maximum atomic E-state index is 11.4. The minimum absolute atomic E-state index is 0.0615. The minimum atomic E-state index is -0.339. The van der Waals surface area contributed by atoms with E-state index in [-0.39, 0.29) is 18.5 Å². The SMILES string of the molecule is CC(C=O)CCOC(=O)c1ccccc1. The molecule has 3 heteroatoms. The van der Waals surface area contributed by atoms with Crippen LogP contribution in [0.15, 0.2) is 30.3 Å². The van der Waals surface area contributed by atoms with Crippen molar-refractivity contribution in [2.75, 3.05) is 6.61 Å². The van der Waals surface area contributed by atoms with Crippen LogP contribution in [0, 0.1) is 5.92 Å². The molecule has 1 aromatic rings. The molecule has 0 bridgehead atoms. The Morgan fingerprint density at radius 1 is 1.40 bits per heavy atom. The zero-order valence-corrected chi connectivity index (χ0v) is 8.68. The van der Waals surface area contributed by atoms with Gasteiger partial charge < -0.3 is 9.53 Å². The normalized spacial score (nSPS) is 11.8. The van der Waals surface area contributed by atoms with Crippen molar-refractivity contribution >= 4 is 12.3 Å². The summed E-state index contributed by atoms with van der Waals surface area (Å²) < 4.78 is 5.00. The van der Waals surface area contributed by atoms with Crippen LogP contribution in [0.1, 0.15) is 23.7 Å². The number of rotatable bonds is 5. The largest absolute Gasteiger partial charge is 0.462 e. The molecule has 0 aromatic heterocycles. The van der Waals surface area contributed by atoms with E-state index in [4.69, 9.17) is 4.74 Å². The summed E-state index contributed by atoms with van der Waals surface area (Å²) in [6.45, 7) is 2.08. The first-order valence-corrected chi connectivity index (χ1v) is 4.91. The van der Waals surface area contributed by atoms with Crippen LogP contribution in [0.3, 0.4) is 0 Å². The van der Waals surface area contributed by atoms with Gasteiger partial charge in [-0.25, -0.2) is 4.79 Å². The third-order valence-corrected chi connectivity index (χ3v) is 2.05. The second kappa shape index (κ2) is 5.96. The fourth-order valence-corrected chi connectivity index (χ4v) is 1.06. The number of carbonyl (C=O) groups is 2. The van der Waals surface area contributed by atoms with Gasteiger partial charge in [0.2, 0.25) is 0 Å². The van der Waals surface area contributed by atoms with Gasteiger partial charge in [-0.3, -0.25) is 0 Å². The maximum absolute atomic E-state index is 11.4. The predicted molar refractivity (Wildman–Crippen MR) is 56.6 cm³/mol. The fraction of sp³-hybridized carbons (Fsp3) is 0.333. The molecule has 0 saturated carbocycles. The number of carbonyl (C=O) groups excluding carboxylic acids is 2. The van der Waals surface area contributed by atoms with Crippen LogP contribution in [0.5, 0.6) is 0 Å². The average Bonchev–Trinajstić information content (AvgIpc) is 2.29. The molecule has 0 aliphatic heterocycles. The quantitative estimate of drug-likeness (QED) is 0.547. The van der Waals surface area contributed by atoms with Crippen LogP contribution >= 0.6 is 0 Å². The average molecular weight is 206 g/mol. The Morgan fingerprint density at radius 2 is 2.07 bits per heavy atom. The van der Waals surface area contributed by atoms with E-state index in [2.05, 4.69) is 0 Å². The van der Waals surface area contributed by atoms with Crippen LogP contribution in [-0.4, -0.2) is 18.9 Å². The lowest BCUT2D eigenvalue weighted by Crippen LogP contribution is -2.09. The highest BCUT2D eigenvalue weighted by Gasteiger charge is 2.06. The van der Waals surface area contributed by atoms with Crippen molar-refractivity contribution in [3.63, 3.8) is 0 Å². The van der Waals surface area contributed by atoms with E-state index in [1.807, 2.05) is 6.07 Å². The van der Waals surface area contributed by atoms with Crippen LogP contribution in [-0.2, 0) is 9.53 Å². The van der Waals surface area contributed by atoms with Gasteiger partial charge in [-0.2, -0.15) is 0 Å². The Labute approximate surface area is 89.1 Å².